The summed E-state index contributed by atoms with van der Waals surface area (Å²) in [5, 5.41) is 3.20. The smallest absolute Gasteiger partial charge is 0.207 e. The molecular formula is C16H27NO. The van der Waals surface area contributed by atoms with Gasteiger partial charge in [-0.25, -0.2) is 0 Å². The summed E-state index contributed by atoms with van der Waals surface area (Å²) in [6.45, 7) is 9.63. The molecule has 0 aromatic carbocycles. The van der Waals surface area contributed by atoms with Crippen LogP contribution in [0.2, 0.25) is 0 Å². The van der Waals surface area contributed by atoms with Gasteiger partial charge in [-0.15, -0.1) is 0 Å². The van der Waals surface area contributed by atoms with Crippen LogP contribution in [0.15, 0.2) is 0 Å². The number of amides is 1. The zero-order valence-corrected chi connectivity index (χ0v) is 12.2. The normalized spacial score (nSPS) is 53.8. The van der Waals surface area contributed by atoms with Gasteiger partial charge < -0.3 is 5.32 Å². The molecule has 0 heterocycles. The van der Waals surface area contributed by atoms with Gasteiger partial charge in [0.25, 0.3) is 0 Å². The van der Waals surface area contributed by atoms with Gasteiger partial charge in [-0.05, 0) is 60.2 Å². The molecule has 4 saturated carbocycles. The summed E-state index contributed by atoms with van der Waals surface area (Å²) < 4.78 is 0. The Morgan fingerprint density at radius 1 is 1.28 bits per heavy atom. The number of carbonyl (C=O) groups excluding carboxylic acids is 1. The molecule has 4 bridgehead atoms. The molecule has 0 spiro atoms. The van der Waals surface area contributed by atoms with Crippen molar-refractivity contribution in [1.29, 1.82) is 0 Å². The first kappa shape index (κ1) is 12.5. The Morgan fingerprint density at radius 3 is 2.61 bits per heavy atom. The summed E-state index contributed by atoms with van der Waals surface area (Å²) in [5.41, 5.74) is 0.699. The van der Waals surface area contributed by atoms with Crippen LogP contribution in [0.3, 0.4) is 0 Å². The molecule has 0 aromatic rings. The van der Waals surface area contributed by atoms with E-state index in [1.54, 1.807) is 0 Å². The van der Waals surface area contributed by atoms with E-state index in [9.17, 15) is 4.79 Å². The zero-order valence-electron chi connectivity index (χ0n) is 12.2. The van der Waals surface area contributed by atoms with Crippen LogP contribution >= 0.6 is 0 Å². The summed E-state index contributed by atoms with van der Waals surface area (Å²) in [6, 6.07) is 0.404. The zero-order chi connectivity index (χ0) is 13.1. The Morgan fingerprint density at radius 2 is 2.00 bits per heavy atom. The summed E-state index contributed by atoms with van der Waals surface area (Å²) >= 11 is 0. The number of rotatable bonds is 3. The molecule has 0 aromatic heterocycles. The van der Waals surface area contributed by atoms with Crippen molar-refractivity contribution < 1.29 is 4.79 Å². The molecule has 6 atom stereocenters. The van der Waals surface area contributed by atoms with E-state index < -0.39 is 0 Å². The van der Waals surface area contributed by atoms with Crippen molar-refractivity contribution in [2.75, 3.05) is 0 Å². The fraction of sp³-hybridized carbons (Fsp3) is 0.938. The molecule has 0 saturated heterocycles. The monoisotopic (exact) mass is 249 g/mol. The standard InChI is InChI=1S/C16H27NO/c1-10(2)11-8-16(4)13-5-6-15(3,7-12(11)13)14(16)17-9-18/h9-14H,5-8H2,1-4H3,(H,17,18)/t11?,12-,13?,14?,15?,16+/m1/s1. The Labute approximate surface area is 111 Å². The first-order valence-electron chi connectivity index (χ1n) is 7.62. The van der Waals surface area contributed by atoms with Gasteiger partial charge in [-0.1, -0.05) is 27.7 Å². The van der Waals surface area contributed by atoms with E-state index in [1.807, 2.05) is 0 Å². The summed E-state index contributed by atoms with van der Waals surface area (Å²) in [6.07, 6.45) is 6.29. The van der Waals surface area contributed by atoms with Crippen LogP contribution in [0.4, 0.5) is 0 Å². The highest BCUT2D eigenvalue weighted by Crippen LogP contribution is 2.70. The number of hydrogen-bond donors (Lipinski definition) is 1. The Hall–Kier alpha value is -0.530. The van der Waals surface area contributed by atoms with Gasteiger partial charge >= 0.3 is 0 Å². The fourth-order valence-corrected chi connectivity index (χ4v) is 6.14. The average Bonchev–Trinajstić information content (AvgIpc) is 2.55. The van der Waals surface area contributed by atoms with E-state index in [4.69, 9.17) is 0 Å². The minimum Gasteiger partial charge on any atom is -0.355 e. The molecule has 102 valence electrons. The van der Waals surface area contributed by atoms with Crippen LogP contribution < -0.4 is 5.32 Å². The predicted molar refractivity (Wildman–Crippen MR) is 73.0 cm³/mol. The average molecular weight is 249 g/mol. The first-order valence-corrected chi connectivity index (χ1v) is 7.62. The number of fused-ring (bicyclic) bond motifs is 1. The second-order valence-electron chi connectivity index (χ2n) is 8.00. The lowest BCUT2D eigenvalue weighted by atomic mass is 9.48. The molecule has 2 nitrogen and oxygen atoms in total. The largest absolute Gasteiger partial charge is 0.355 e. The van der Waals surface area contributed by atoms with Gasteiger partial charge in [-0.3, -0.25) is 4.79 Å². The molecular weight excluding hydrogens is 222 g/mol. The van der Waals surface area contributed by atoms with Crippen LogP contribution in [0, 0.1) is 34.5 Å². The molecule has 4 aliphatic rings. The number of hydrogen-bond acceptors (Lipinski definition) is 1. The predicted octanol–water partition coefficient (Wildman–Crippen LogP) is 3.22. The molecule has 4 aliphatic carbocycles. The minimum absolute atomic E-state index is 0.346. The minimum atomic E-state index is 0.346. The van der Waals surface area contributed by atoms with E-state index in [1.165, 1.54) is 25.7 Å². The van der Waals surface area contributed by atoms with Gasteiger partial charge in [0, 0.05) is 6.04 Å². The Balaban J connectivity index is 2.00. The third kappa shape index (κ3) is 1.38. The molecule has 18 heavy (non-hydrogen) atoms. The van der Waals surface area contributed by atoms with Crippen LogP contribution in [0.5, 0.6) is 0 Å². The van der Waals surface area contributed by atoms with Crippen LogP contribution in [-0.4, -0.2) is 12.5 Å². The molecule has 1 N–H and O–H groups in total. The second kappa shape index (κ2) is 3.74. The lowest BCUT2D eigenvalue weighted by molar-refractivity contribution is -0.120. The maximum absolute atomic E-state index is 11.0. The number of nitrogens with one attached hydrogen (secondary N) is 1. The molecule has 0 radical (unpaired) electrons. The van der Waals surface area contributed by atoms with Crippen LogP contribution in [0.25, 0.3) is 0 Å². The maximum atomic E-state index is 11.0. The maximum Gasteiger partial charge on any atom is 0.207 e. The van der Waals surface area contributed by atoms with Gasteiger partial charge in [-0.2, -0.15) is 0 Å². The topological polar surface area (TPSA) is 29.1 Å². The second-order valence-corrected chi connectivity index (χ2v) is 8.00. The van der Waals surface area contributed by atoms with Crippen LogP contribution in [0.1, 0.15) is 53.4 Å². The van der Waals surface area contributed by atoms with Crippen molar-refractivity contribution in [3.05, 3.63) is 0 Å². The third-order valence-corrected chi connectivity index (χ3v) is 6.77. The summed E-state index contributed by atoms with van der Waals surface area (Å²) in [5.74, 6) is 3.43. The van der Waals surface area contributed by atoms with E-state index in [-0.39, 0.29) is 0 Å². The van der Waals surface area contributed by atoms with Crippen molar-refractivity contribution in [1.82, 2.24) is 5.32 Å². The highest BCUT2D eigenvalue weighted by molar-refractivity contribution is 5.48. The van der Waals surface area contributed by atoms with Crippen molar-refractivity contribution in [3.63, 3.8) is 0 Å². The molecule has 4 unspecified atom stereocenters. The summed E-state index contributed by atoms with van der Waals surface area (Å²) in [7, 11) is 0. The lowest BCUT2D eigenvalue weighted by Gasteiger charge is -2.59. The van der Waals surface area contributed by atoms with E-state index in [0.29, 0.717) is 16.9 Å². The van der Waals surface area contributed by atoms with Crippen molar-refractivity contribution in [2.45, 2.75) is 59.4 Å². The van der Waals surface area contributed by atoms with Gasteiger partial charge in [0.15, 0.2) is 0 Å². The quantitative estimate of drug-likeness (QED) is 0.765. The molecule has 2 heteroatoms. The third-order valence-electron chi connectivity index (χ3n) is 6.77. The lowest BCUT2D eigenvalue weighted by Crippen LogP contribution is -2.62. The Kier molecular flexibility index (Phi) is 2.60. The first-order chi connectivity index (χ1) is 8.42. The van der Waals surface area contributed by atoms with E-state index in [2.05, 4.69) is 33.0 Å². The van der Waals surface area contributed by atoms with E-state index >= 15 is 0 Å². The molecule has 4 fully saturated rings. The van der Waals surface area contributed by atoms with Crippen molar-refractivity contribution in [2.24, 2.45) is 34.5 Å². The van der Waals surface area contributed by atoms with Crippen molar-refractivity contribution in [3.8, 4) is 0 Å². The number of carbonyl (C=O) groups is 1. The Bertz CT molecular complexity index is 366. The summed E-state index contributed by atoms with van der Waals surface area (Å²) in [4.78, 5) is 11.0. The fourth-order valence-electron chi connectivity index (χ4n) is 6.14. The van der Waals surface area contributed by atoms with Crippen molar-refractivity contribution >= 4 is 6.41 Å². The molecule has 4 rings (SSSR count). The van der Waals surface area contributed by atoms with Gasteiger partial charge in [0.2, 0.25) is 6.41 Å². The highest BCUT2D eigenvalue weighted by Gasteiger charge is 2.66. The highest BCUT2D eigenvalue weighted by atomic mass is 16.1. The SMILES string of the molecule is CC(C)C1C[C@@]2(C)C3CCC(C)(C[C@H]13)C2NC=O. The molecule has 0 aliphatic heterocycles. The van der Waals surface area contributed by atoms with Crippen LogP contribution in [-0.2, 0) is 4.79 Å². The van der Waals surface area contributed by atoms with Gasteiger partial charge in [0.1, 0.15) is 0 Å². The van der Waals surface area contributed by atoms with E-state index in [0.717, 1.165) is 30.1 Å². The van der Waals surface area contributed by atoms with Gasteiger partial charge in [0.05, 0.1) is 0 Å². The molecule has 1 amide bonds.